The highest BCUT2D eigenvalue weighted by atomic mass is 32.1. The van der Waals surface area contributed by atoms with Gasteiger partial charge in [-0.25, -0.2) is 4.98 Å². The minimum absolute atomic E-state index is 0.0369. The first-order chi connectivity index (χ1) is 7.61. The molecule has 0 saturated heterocycles. The van der Waals surface area contributed by atoms with E-state index in [-0.39, 0.29) is 12.6 Å². The van der Waals surface area contributed by atoms with Crippen LogP contribution >= 0.6 is 11.3 Å². The number of fused-ring (bicyclic) bond motifs is 1. The van der Waals surface area contributed by atoms with Crippen LogP contribution in [0.5, 0.6) is 0 Å². The second kappa shape index (κ2) is 4.37. The van der Waals surface area contributed by atoms with E-state index in [0.717, 1.165) is 20.9 Å². The number of hydrogen-bond donors (Lipinski definition) is 2. The normalized spacial score (nSPS) is 13.0. The van der Waals surface area contributed by atoms with Gasteiger partial charge in [0.25, 0.3) is 0 Å². The van der Waals surface area contributed by atoms with E-state index in [0.29, 0.717) is 0 Å². The maximum Gasteiger partial charge on any atom is 0.185 e. The number of thiazole rings is 1. The Labute approximate surface area is 98.3 Å². The molecule has 1 heterocycles. The number of hydrogen-bond acceptors (Lipinski definition) is 5. The largest absolute Gasteiger partial charge is 0.394 e. The number of nitrogens with zero attached hydrogens (tertiary/aromatic N) is 2. The second-order valence-corrected chi connectivity index (χ2v) is 4.92. The van der Waals surface area contributed by atoms with E-state index in [1.807, 2.05) is 37.2 Å². The first-order valence-corrected chi connectivity index (χ1v) is 5.87. The predicted octanol–water partition coefficient (Wildman–Crippen LogP) is 1.35. The van der Waals surface area contributed by atoms with Crippen molar-refractivity contribution in [2.24, 2.45) is 5.73 Å². The Bertz CT molecular complexity index is 495. The monoisotopic (exact) mass is 237 g/mol. The van der Waals surface area contributed by atoms with Crippen LogP contribution in [0.4, 0.5) is 5.13 Å². The number of benzene rings is 1. The zero-order valence-corrected chi connectivity index (χ0v) is 10.2. The molecule has 2 rings (SSSR count). The smallest absolute Gasteiger partial charge is 0.185 e. The topological polar surface area (TPSA) is 62.4 Å². The molecule has 1 aromatic heterocycles. The number of aliphatic hydroxyl groups excluding tert-OH is 1. The lowest BCUT2D eigenvalue weighted by molar-refractivity contribution is 0.268. The summed E-state index contributed by atoms with van der Waals surface area (Å²) >= 11 is 1.63. The third kappa shape index (κ3) is 2.02. The van der Waals surface area contributed by atoms with Gasteiger partial charge in [-0.05, 0) is 17.7 Å². The lowest BCUT2D eigenvalue weighted by Gasteiger charge is -2.07. The molecule has 0 radical (unpaired) electrons. The first kappa shape index (κ1) is 11.3. The molecule has 2 aromatic rings. The fourth-order valence-corrected chi connectivity index (χ4v) is 2.39. The van der Waals surface area contributed by atoms with Crippen molar-refractivity contribution in [3.8, 4) is 0 Å². The van der Waals surface area contributed by atoms with Crippen molar-refractivity contribution in [2.75, 3.05) is 25.6 Å². The van der Waals surface area contributed by atoms with Gasteiger partial charge in [0.05, 0.1) is 22.9 Å². The second-order valence-electron chi connectivity index (χ2n) is 3.91. The number of aliphatic hydroxyl groups is 1. The molecule has 86 valence electrons. The van der Waals surface area contributed by atoms with Crippen LogP contribution < -0.4 is 10.6 Å². The molecule has 0 amide bonds. The standard InChI is InChI=1S/C11H15N3OS/c1-14(2)11-13-9-4-3-7(8(12)6-15)5-10(9)16-11/h3-5,8,15H,6,12H2,1-2H3. The van der Waals surface area contributed by atoms with E-state index < -0.39 is 0 Å². The zero-order valence-electron chi connectivity index (χ0n) is 9.34. The van der Waals surface area contributed by atoms with Gasteiger partial charge < -0.3 is 15.7 Å². The van der Waals surface area contributed by atoms with Crippen LogP contribution in [0.3, 0.4) is 0 Å². The lowest BCUT2D eigenvalue weighted by Crippen LogP contribution is -2.13. The summed E-state index contributed by atoms with van der Waals surface area (Å²) in [6.07, 6.45) is 0. The number of aromatic nitrogens is 1. The third-order valence-corrected chi connectivity index (χ3v) is 3.59. The van der Waals surface area contributed by atoms with Crippen LogP contribution in [0, 0.1) is 0 Å². The third-order valence-electron chi connectivity index (χ3n) is 2.41. The van der Waals surface area contributed by atoms with Crippen molar-refractivity contribution in [2.45, 2.75) is 6.04 Å². The quantitative estimate of drug-likeness (QED) is 0.846. The number of anilines is 1. The average molecular weight is 237 g/mol. The van der Waals surface area contributed by atoms with Crippen molar-refractivity contribution in [3.05, 3.63) is 23.8 Å². The van der Waals surface area contributed by atoms with Gasteiger partial charge in [0, 0.05) is 14.1 Å². The van der Waals surface area contributed by atoms with Crippen LogP contribution in [0.15, 0.2) is 18.2 Å². The Morgan fingerprint density at radius 1 is 1.50 bits per heavy atom. The number of nitrogens with two attached hydrogens (primary N) is 1. The minimum Gasteiger partial charge on any atom is -0.394 e. The van der Waals surface area contributed by atoms with E-state index >= 15 is 0 Å². The van der Waals surface area contributed by atoms with Crippen LogP contribution in [0.2, 0.25) is 0 Å². The van der Waals surface area contributed by atoms with Gasteiger partial charge in [0.15, 0.2) is 5.13 Å². The first-order valence-electron chi connectivity index (χ1n) is 5.06. The van der Waals surface area contributed by atoms with Crippen molar-refractivity contribution in [3.63, 3.8) is 0 Å². The molecule has 0 saturated carbocycles. The van der Waals surface area contributed by atoms with Gasteiger partial charge in [0.2, 0.25) is 0 Å². The Kier molecular flexibility index (Phi) is 3.09. The zero-order chi connectivity index (χ0) is 11.7. The van der Waals surface area contributed by atoms with E-state index in [2.05, 4.69) is 4.98 Å². The Balaban J connectivity index is 2.45. The molecular weight excluding hydrogens is 222 g/mol. The van der Waals surface area contributed by atoms with E-state index in [4.69, 9.17) is 10.8 Å². The summed E-state index contributed by atoms with van der Waals surface area (Å²) in [4.78, 5) is 6.46. The average Bonchev–Trinajstić information content (AvgIpc) is 2.70. The summed E-state index contributed by atoms with van der Waals surface area (Å²) in [6, 6.07) is 5.56. The van der Waals surface area contributed by atoms with Gasteiger partial charge in [-0.3, -0.25) is 0 Å². The summed E-state index contributed by atoms with van der Waals surface area (Å²) in [5.41, 5.74) is 7.70. The molecular formula is C11H15N3OS. The minimum atomic E-state index is -0.311. The van der Waals surface area contributed by atoms with Gasteiger partial charge in [-0.15, -0.1) is 0 Å². The Morgan fingerprint density at radius 3 is 2.88 bits per heavy atom. The fraction of sp³-hybridized carbons (Fsp3) is 0.364. The summed E-state index contributed by atoms with van der Waals surface area (Å²) in [5.74, 6) is 0. The van der Waals surface area contributed by atoms with Gasteiger partial charge in [-0.1, -0.05) is 17.4 Å². The van der Waals surface area contributed by atoms with Crippen LogP contribution in [-0.4, -0.2) is 30.8 Å². The maximum absolute atomic E-state index is 9.01. The van der Waals surface area contributed by atoms with E-state index in [9.17, 15) is 0 Å². The Morgan fingerprint density at radius 2 is 2.25 bits per heavy atom. The van der Waals surface area contributed by atoms with Crippen molar-refractivity contribution in [1.82, 2.24) is 4.98 Å². The lowest BCUT2D eigenvalue weighted by atomic mass is 10.1. The fourth-order valence-electron chi connectivity index (χ4n) is 1.46. The molecule has 0 bridgehead atoms. The molecule has 1 unspecified atom stereocenters. The molecule has 1 aromatic carbocycles. The highest BCUT2D eigenvalue weighted by molar-refractivity contribution is 7.22. The highest BCUT2D eigenvalue weighted by Gasteiger charge is 2.09. The maximum atomic E-state index is 9.01. The van der Waals surface area contributed by atoms with Crippen LogP contribution in [0.25, 0.3) is 10.2 Å². The molecule has 3 N–H and O–H groups in total. The molecule has 0 fully saturated rings. The van der Waals surface area contributed by atoms with Crippen molar-refractivity contribution < 1.29 is 5.11 Å². The molecule has 5 heteroatoms. The van der Waals surface area contributed by atoms with E-state index in [1.54, 1.807) is 11.3 Å². The molecule has 16 heavy (non-hydrogen) atoms. The van der Waals surface area contributed by atoms with Gasteiger partial charge >= 0.3 is 0 Å². The molecule has 0 spiro atoms. The number of rotatable bonds is 3. The predicted molar refractivity (Wildman–Crippen MR) is 68.0 cm³/mol. The van der Waals surface area contributed by atoms with Gasteiger partial charge in [-0.2, -0.15) is 0 Å². The SMILES string of the molecule is CN(C)c1nc2ccc(C(N)CO)cc2s1. The Hall–Kier alpha value is -1.17. The van der Waals surface area contributed by atoms with Crippen LogP contribution in [-0.2, 0) is 0 Å². The van der Waals surface area contributed by atoms with Gasteiger partial charge in [0.1, 0.15) is 0 Å². The van der Waals surface area contributed by atoms with Crippen LogP contribution in [0.1, 0.15) is 11.6 Å². The molecule has 0 aliphatic carbocycles. The van der Waals surface area contributed by atoms with E-state index in [1.165, 1.54) is 0 Å². The summed E-state index contributed by atoms with van der Waals surface area (Å²) < 4.78 is 1.10. The summed E-state index contributed by atoms with van der Waals surface area (Å²) in [7, 11) is 3.94. The molecule has 4 nitrogen and oxygen atoms in total. The molecule has 0 aliphatic heterocycles. The molecule has 0 aliphatic rings. The summed E-state index contributed by atoms with van der Waals surface area (Å²) in [6.45, 7) is -0.0369. The highest BCUT2D eigenvalue weighted by Crippen LogP contribution is 2.29. The van der Waals surface area contributed by atoms with Crippen molar-refractivity contribution in [1.29, 1.82) is 0 Å². The molecule has 1 atom stereocenters. The van der Waals surface area contributed by atoms with Crippen molar-refractivity contribution >= 4 is 26.7 Å². The summed E-state index contributed by atoms with van der Waals surface area (Å²) in [5, 5.41) is 9.98.